The van der Waals surface area contributed by atoms with E-state index in [0.29, 0.717) is 23.6 Å². The van der Waals surface area contributed by atoms with Gasteiger partial charge in [-0.15, -0.1) is 0 Å². The Kier molecular flexibility index (Phi) is 13.7. The number of nitrogens with two attached hydrogens (primary N) is 6. The van der Waals surface area contributed by atoms with Gasteiger partial charge in [-0.05, 0) is 31.4 Å². The minimum atomic E-state index is -3.48. The maximum atomic E-state index is 11.5. The number of hydrogen-bond donors (Lipinski definition) is 7. The standard InChI is InChI=1S/C10H18N4O2S.C10H12N4O2S.C4H9O2S.C3H6N4/c2*1-17(15,16)10-8(11)9(12)14(13-10)7-5-3-2-4-6-7;1-3-4-7(2,5)6;4-2-1-6-7-3(2)5/h7H,2-6,11-12H2,1H3;2-6H,11-12H2,1H3;1,3-4H2,2H3;1H,4H2,(H3,5,6,7). The van der Waals surface area contributed by atoms with E-state index in [1.165, 1.54) is 23.6 Å². The van der Waals surface area contributed by atoms with Gasteiger partial charge in [-0.25, -0.2) is 34.6 Å². The normalized spacial score (nSPS) is 13.7. The Hall–Kier alpha value is -4.50. The molecule has 1 saturated carbocycles. The van der Waals surface area contributed by atoms with Gasteiger partial charge >= 0.3 is 0 Å². The van der Waals surface area contributed by atoms with E-state index in [-0.39, 0.29) is 44.9 Å². The monoisotopic (exact) mass is 729 g/mol. The number of nitrogens with zero attached hydrogens (tertiary/aromatic N) is 5. The topological polar surface area (TPSA) is 323 Å². The average molecular weight is 730 g/mol. The number of para-hydroxylation sites is 1. The molecule has 0 atom stereocenters. The van der Waals surface area contributed by atoms with Crippen LogP contribution in [-0.4, -0.2) is 79.5 Å². The van der Waals surface area contributed by atoms with Gasteiger partial charge in [-0.1, -0.05) is 44.4 Å². The minimum absolute atomic E-state index is 0.0173. The summed E-state index contributed by atoms with van der Waals surface area (Å²) in [6.45, 7) is 3.39. The van der Waals surface area contributed by atoms with Gasteiger partial charge in [0.1, 0.15) is 32.8 Å². The molecule has 4 aromatic rings. The Bertz CT molecular complexity index is 1950. The minimum Gasteiger partial charge on any atom is -0.394 e. The van der Waals surface area contributed by atoms with Crippen LogP contribution in [0, 0.1) is 6.92 Å². The second kappa shape index (κ2) is 16.6. The third-order valence-corrected chi connectivity index (χ3v) is 9.75. The van der Waals surface area contributed by atoms with E-state index in [1.807, 2.05) is 6.07 Å². The third-order valence-electron chi connectivity index (χ3n) is 6.72. The number of aromatic amines is 1. The molecule has 1 aliphatic carbocycles. The van der Waals surface area contributed by atoms with Crippen molar-refractivity contribution < 1.29 is 25.3 Å². The lowest BCUT2D eigenvalue weighted by Crippen LogP contribution is -2.16. The van der Waals surface area contributed by atoms with Gasteiger partial charge < -0.3 is 34.4 Å². The Morgan fingerprint density at radius 1 is 0.792 bits per heavy atom. The Labute approximate surface area is 281 Å². The van der Waals surface area contributed by atoms with Gasteiger partial charge in [-0.3, -0.25) is 5.10 Å². The number of nitrogens with one attached hydrogen (secondary N) is 1. The fourth-order valence-corrected chi connectivity index (χ4v) is 6.34. The average Bonchev–Trinajstić information content (AvgIpc) is 3.64. The molecule has 0 amide bonds. The lowest BCUT2D eigenvalue weighted by molar-refractivity contribution is 0.329. The summed E-state index contributed by atoms with van der Waals surface area (Å²) in [6.07, 6.45) is 10.7. The first-order valence-corrected chi connectivity index (χ1v) is 20.3. The van der Waals surface area contributed by atoms with Gasteiger partial charge in [0.05, 0.1) is 23.6 Å². The summed E-state index contributed by atoms with van der Waals surface area (Å²) < 4.78 is 69.1. The van der Waals surface area contributed by atoms with Crippen molar-refractivity contribution in [2.24, 2.45) is 0 Å². The van der Waals surface area contributed by atoms with E-state index in [2.05, 4.69) is 27.3 Å². The molecule has 18 nitrogen and oxygen atoms in total. The van der Waals surface area contributed by atoms with Crippen LogP contribution in [0.2, 0.25) is 0 Å². The largest absolute Gasteiger partial charge is 0.394 e. The van der Waals surface area contributed by atoms with Gasteiger partial charge in [-0.2, -0.15) is 15.3 Å². The van der Waals surface area contributed by atoms with Gasteiger partial charge in [0.25, 0.3) is 0 Å². The maximum absolute atomic E-state index is 11.5. The van der Waals surface area contributed by atoms with Gasteiger partial charge in [0.15, 0.2) is 25.5 Å². The zero-order valence-corrected chi connectivity index (χ0v) is 29.5. The maximum Gasteiger partial charge on any atom is 0.202 e. The van der Waals surface area contributed by atoms with Crippen LogP contribution in [0.3, 0.4) is 0 Å². The fraction of sp³-hybridized carbons (Fsp3) is 0.407. The molecule has 13 N–H and O–H groups in total. The molecule has 48 heavy (non-hydrogen) atoms. The Morgan fingerprint density at radius 2 is 1.31 bits per heavy atom. The molecule has 0 saturated heterocycles. The van der Waals surface area contributed by atoms with Crippen LogP contribution in [0.5, 0.6) is 0 Å². The van der Waals surface area contributed by atoms with E-state index >= 15 is 0 Å². The molecule has 1 aromatic carbocycles. The molecule has 5 rings (SSSR count). The zero-order valence-electron chi connectivity index (χ0n) is 27.1. The molecule has 3 aromatic heterocycles. The van der Waals surface area contributed by atoms with Crippen LogP contribution in [-0.2, 0) is 29.5 Å². The van der Waals surface area contributed by atoms with E-state index in [4.69, 9.17) is 34.4 Å². The number of hydrogen-bond acceptors (Lipinski definition) is 15. The smallest absolute Gasteiger partial charge is 0.202 e. The summed E-state index contributed by atoms with van der Waals surface area (Å²) >= 11 is 0. The Balaban J connectivity index is 0.000000241. The van der Waals surface area contributed by atoms with Crippen LogP contribution in [0.1, 0.15) is 44.6 Å². The highest BCUT2D eigenvalue weighted by molar-refractivity contribution is 7.91. The summed E-state index contributed by atoms with van der Waals surface area (Å²) in [5.74, 6) is 1.03. The molecule has 21 heteroatoms. The first-order valence-electron chi connectivity index (χ1n) is 14.4. The number of anilines is 6. The van der Waals surface area contributed by atoms with Crippen LogP contribution in [0.4, 0.5) is 34.5 Å². The second-order valence-corrected chi connectivity index (χ2v) is 17.1. The number of aromatic nitrogens is 6. The van der Waals surface area contributed by atoms with Crippen LogP contribution in [0.25, 0.3) is 5.69 Å². The summed E-state index contributed by atoms with van der Waals surface area (Å²) in [5.41, 5.74) is 34.6. The Morgan fingerprint density at radius 3 is 1.67 bits per heavy atom. The predicted octanol–water partition coefficient (Wildman–Crippen LogP) is 1.23. The van der Waals surface area contributed by atoms with Crippen molar-refractivity contribution >= 4 is 64.0 Å². The summed E-state index contributed by atoms with van der Waals surface area (Å²) in [6, 6.07) is 9.13. The molecule has 1 aliphatic rings. The highest BCUT2D eigenvalue weighted by atomic mass is 32.2. The molecule has 0 unspecified atom stereocenters. The van der Waals surface area contributed by atoms with Crippen molar-refractivity contribution in [3.05, 3.63) is 43.5 Å². The van der Waals surface area contributed by atoms with Crippen molar-refractivity contribution in [3.63, 3.8) is 0 Å². The van der Waals surface area contributed by atoms with E-state index in [0.717, 1.165) is 38.2 Å². The summed E-state index contributed by atoms with van der Waals surface area (Å²) in [4.78, 5) is 0. The molecule has 1 radical (unpaired) electrons. The fourth-order valence-electron chi connectivity index (χ4n) is 4.35. The van der Waals surface area contributed by atoms with Gasteiger partial charge in [0, 0.05) is 24.5 Å². The van der Waals surface area contributed by atoms with Crippen molar-refractivity contribution in [3.8, 4) is 5.69 Å². The molecular weight excluding hydrogens is 685 g/mol. The van der Waals surface area contributed by atoms with Crippen molar-refractivity contribution in [2.75, 3.05) is 58.9 Å². The molecular formula is C27H45N12O6S3. The SMILES string of the molecule is CS(=O)(=O)c1nn(-c2ccccc2)c(N)c1N.CS(=O)(=O)c1nn(C2CCCCC2)c(N)c1N.Nc1cn[nH]c1N.[CH2]CCS(C)(=O)=O. The number of nitrogen functional groups attached to an aromatic ring is 6. The van der Waals surface area contributed by atoms with Gasteiger partial charge in [0.2, 0.25) is 10.1 Å². The molecule has 0 spiro atoms. The quantitative estimate of drug-likeness (QED) is 0.147. The second-order valence-electron chi connectivity index (χ2n) is 11.0. The summed E-state index contributed by atoms with van der Waals surface area (Å²) in [5, 5.41) is 13.7. The summed E-state index contributed by atoms with van der Waals surface area (Å²) in [7, 11) is -9.63. The van der Waals surface area contributed by atoms with Crippen LogP contribution < -0.4 is 34.4 Å². The predicted molar refractivity (Wildman–Crippen MR) is 189 cm³/mol. The molecule has 267 valence electrons. The third kappa shape index (κ3) is 11.3. The molecule has 0 aliphatic heterocycles. The highest BCUT2D eigenvalue weighted by Gasteiger charge is 2.26. The molecule has 0 bridgehead atoms. The van der Waals surface area contributed by atoms with Crippen molar-refractivity contribution in [1.82, 2.24) is 29.8 Å². The number of sulfone groups is 3. The lowest BCUT2D eigenvalue weighted by atomic mass is 9.96. The number of H-pyrrole nitrogens is 1. The molecule has 1 fully saturated rings. The van der Waals surface area contributed by atoms with E-state index in [9.17, 15) is 25.3 Å². The highest BCUT2D eigenvalue weighted by Crippen LogP contribution is 2.33. The van der Waals surface area contributed by atoms with Crippen LogP contribution in [0.15, 0.2) is 46.6 Å². The zero-order chi connectivity index (χ0) is 36.4. The van der Waals surface area contributed by atoms with E-state index in [1.54, 1.807) is 28.9 Å². The first-order chi connectivity index (χ1) is 22.2. The first kappa shape index (κ1) is 39.7. The van der Waals surface area contributed by atoms with E-state index < -0.39 is 29.5 Å². The van der Waals surface area contributed by atoms with Crippen LogP contribution >= 0.6 is 0 Å². The van der Waals surface area contributed by atoms with Crippen molar-refractivity contribution in [1.29, 1.82) is 0 Å². The number of benzene rings is 1. The lowest BCUT2D eigenvalue weighted by Gasteiger charge is -2.22. The number of rotatable bonds is 6. The van der Waals surface area contributed by atoms with Crippen molar-refractivity contribution in [2.45, 2.75) is 54.6 Å². The molecule has 3 heterocycles.